The van der Waals surface area contributed by atoms with Crippen molar-refractivity contribution in [3.05, 3.63) is 52.3 Å². The summed E-state index contributed by atoms with van der Waals surface area (Å²) in [5.41, 5.74) is 7.11. The van der Waals surface area contributed by atoms with Crippen LogP contribution >= 0.6 is 23.2 Å². The maximum Gasteiger partial charge on any atom is 0.320 e. The van der Waals surface area contributed by atoms with Crippen molar-refractivity contribution in [2.45, 2.75) is 12.5 Å². The monoisotopic (exact) mass is 298 g/mol. The van der Waals surface area contributed by atoms with Crippen molar-refractivity contribution >= 4 is 29.2 Å². The molecular formula is C13H12Cl2N2O2. The van der Waals surface area contributed by atoms with Crippen molar-refractivity contribution in [3.63, 3.8) is 0 Å². The molecule has 0 radical (unpaired) electrons. The van der Waals surface area contributed by atoms with Crippen LogP contribution in [-0.2, 0) is 11.2 Å². The smallest absolute Gasteiger partial charge is 0.320 e. The van der Waals surface area contributed by atoms with Crippen LogP contribution < -0.4 is 5.73 Å². The molecule has 6 heteroatoms. The van der Waals surface area contributed by atoms with Gasteiger partial charge in [0.2, 0.25) is 0 Å². The van der Waals surface area contributed by atoms with Gasteiger partial charge < -0.3 is 15.4 Å². The van der Waals surface area contributed by atoms with Gasteiger partial charge in [-0.1, -0.05) is 23.2 Å². The second-order valence-corrected chi connectivity index (χ2v) is 5.02. The van der Waals surface area contributed by atoms with Gasteiger partial charge in [0.05, 0.1) is 0 Å². The third-order valence-corrected chi connectivity index (χ3v) is 3.14. The number of nitrogens with zero attached hydrogens (tertiary/aromatic N) is 1. The topological polar surface area (TPSA) is 68.2 Å². The number of halogens is 2. The maximum atomic E-state index is 10.8. The second kappa shape index (κ2) is 5.65. The Kier molecular flexibility index (Phi) is 4.14. The molecule has 0 spiro atoms. The van der Waals surface area contributed by atoms with Crippen LogP contribution in [0.3, 0.4) is 0 Å². The van der Waals surface area contributed by atoms with Gasteiger partial charge in [-0.2, -0.15) is 0 Å². The first-order valence-corrected chi connectivity index (χ1v) is 6.34. The molecular weight excluding hydrogens is 287 g/mol. The van der Waals surface area contributed by atoms with E-state index in [0.717, 1.165) is 11.4 Å². The van der Waals surface area contributed by atoms with Crippen molar-refractivity contribution < 1.29 is 9.90 Å². The Morgan fingerprint density at radius 2 is 1.95 bits per heavy atom. The van der Waals surface area contributed by atoms with E-state index in [-0.39, 0.29) is 6.42 Å². The maximum absolute atomic E-state index is 10.8. The van der Waals surface area contributed by atoms with Crippen LogP contribution in [0.25, 0.3) is 5.69 Å². The Morgan fingerprint density at radius 3 is 2.53 bits per heavy atom. The van der Waals surface area contributed by atoms with E-state index in [9.17, 15) is 4.79 Å². The number of carbonyl (C=O) groups is 1. The highest BCUT2D eigenvalue weighted by Gasteiger charge is 2.15. The number of benzene rings is 1. The zero-order chi connectivity index (χ0) is 14.0. The van der Waals surface area contributed by atoms with Crippen molar-refractivity contribution in [2.75, 3.05) is 0 Å². The van der Waals surface area contributed by atoms with Crippen LogP contribution in [0.5, 0.6) is 0 Å². The van der Waals surface area contributed by atoms with E-state index in [1.165, 1.54) is 0 Å². The van der Waals surface area contributed by atoms with Crippen LogP contribution in [0, 0.1) is 0 Å². The zero-order valence-electron chi connectivity index (χ0n) is 9.88. The van der Waals surface area contributed by atoms with E-state index in [1.54, 1.807) is 18.2 Å². The van der Waals surface area contributed by atoms with E-state index in [0.29, 0.717) is 10.0 Å². The molecule has 0 saturated carbocycles. The molecule has 0 bridgehead atoms. The lowest BCUT2D eigenvalue weighted by atomic mass is 10.1. The minimum Gasteiger partial charge on any atom is -0.480 e. The Bertz CT molecular complexity index is 590. The minimum atomic E-state index is -1.03. The molecule has 1 unspecified atom stereocenters. The fraction of sp³-hybridized carbons (Fsp3) is 0.154. The number of nitrogens with two attached hydrogens (primary N) is 1. The molecule has 0 aliphatic heterocycles. The molecule has 19 heavy (non-hydrogen) atoms. The zero-order valence-corrected chi connectivity index (χ0v) is 11.4. The number of carboxylic acids is 1. The van der Waals surface area contributed by atoms with Gasteiger partial charge in [-0.05, 0) is 30.3 Å². The second-order valence-electron chi connectivity index (χ2n) is 4.15. The van der Waals surface area contributed by atoms with Gasteiger partial charge in [0.25, 0.3) is 0 Å². The van der Waals surface area contributed by atoms with Crippen LogP contribution in [0.2, 0.25) is 10.0 Å². The number of aromatic nitrogens is 1. The lowest BCUT2D eigenvalue weighted by molar-refractivity contribution is -0.138. The average molecular weight is 299 g/mol. The highest BCUT2D eigenvalue weighted by molar-refractivity contribution is 6.34. The third kappa shape index (κ3) is 3.29. The Labute approximate surface area is 120 Å². The molecule has 3 N–H and O–H groups in total. The summed E-state index contributed by atoms with van der Waals surface area (Å²) in [6, 6.07) is 7.84. The number of rotatable bonds is 4. The number of hydrogen-bond donors (Lipinski definition) is 2. The van der Waals surface area contributed by atoms with Crippen molar-refractivity contribution in [3.8, 4) is 5.69 Å². The van der Waals surface area contributed by atoms with Gasteiger partial charge in [-0.15, -0.1) is 0 Å². The lowest BCUT2D eigenvalue weighted by Crippen LogP contribution is -2.32. The summed E-state index contributed by atoms with van der Waals surface area (Å²) in [5, 5.41) is 9.89. The Hall–Kier alpha value is -1.49. The number of aliphatic carboxylic acids is 1. The summed E-state index contributed by atoms with van der Waals surface area (Å²) in [5.74, 6) is -1.03. The molecule has 1 aromatic carbocycles. The molecule has 1 aromatic heterocycles. The molecule has 0 amide bonds. The number of carboxylic acid groups (broad SMARTS) is 1. The summed E-state index contributed by atoms with van der Waals surface area (Å²) in [6.45, 7) is 0. The molecule has 0 saturated heterocycles. The summed E-state index contributed by atoms with van der Waals surface area (Å²) in [4.78, 5) is 10.8. The third-order valence-electron chi connectivity index (χ3n) is 2.70. The lowest BCUT2D eigenvalue weighted by Gasteiger charge is -2.12. The summed E-state index contributed by atoms with van der Waals surface area (Å²) in [6.07, 6.45) is 2.04. The molecule has 0 aliphatic rings. The Morgan fingerprint density at radius 1 is 1.32 bits per heavy atom. The van der Waals surface area contributed by atoms with E-state index in [1.807, 2.05) is 22.9 Å². The SMILES string of the molecule is NC(Cc1cccn1-c1cc(Cl)cc(Cl)c1)C(=O)O. The van der Waals surface area contributed by atoms with Gasteiger partial charge in [0.1, 0.15) is 6.04 Å². The van der Waals surface area contributed by atoms with Gasteiger partial charge in [0.15, 0.2) is 0 Å². The predicted molar refractivity (Wildman–Crippen MR) is 75.1 cm³/mol. The molecule has 0 fully saturated rings. The quantitative estimate of drug-likeness (QED) is 0.912. The van der Waals surface area contributed by atoms with Gasteiger partial charge in [-0.25, -0.2) is 0 Å². The molecule has 0 aliphatic carbocycles. The Balaban J connectivity index is 2.36. The van der Waals surface area contributed by atoms with E-state index in [4.69, 9.17) is 34.0 Å². The average Bonchev–Trinajstić information content (AvgIpc) is 2.75. The summed E-state index contributed by atoms with van der Waals surface area (Å²) >= 11 is 11.9. The summed E-state index contributed by atoms with van der Waals surface area (Å²) in [7, 11) is 0. The van der Waals surface area contributed by atoms with Crippen LogP contribution in [0.4, 0.5) is 0 Å². The normalized spacial score (nSPS) is 12.4. The first kappa shape index (κ1) is 13.9. The predicted octanol–water partition coefficient (Wildman–Crippen LogP) is 2.74. The van der Waals surface area contributed by atoms with Crippen LogP contribution in [-0.4, -0.2) is 21.7 Å². The van der Waals surface area contributed by atoms with Crippen molar-refractivity contribution in [2.24, 2.45) is 5.73 Å². The fourth-order valence-electron chi connectivity index (χ4n) is 1.83. The molecule has 100 valence electrons. The fourth-order valence-corrected chi connectivity index (χ4v) is 2.34. The van der Waals surface area contributed by atoms with E-state index in [2.05, 4.69) is 0 Å². The first-order valence-electron chi connectivity index (χ1n) is 5.58. The highest BCUT2D eigenvalue weighted by atomic mass is 35.5. The van der Waals surface area contributed by atoms with E-state index >= 15 is 0 Å². The molecule has 2 rings (SSSR count). The van der Waals surface area contributed by atoms with Gasteiger partial charge >= 0.3 is 5.97 Å². The summed E-state index contributed by atoms with van der Waals surface area (Å²) < 4.78 is 1.82. The van der Waals surface area contributed by atoms with Crippen molar-refractivity contribution in [1.82, 2.24) is 4.57 Å². The van der Waals surface area contributed by atoms with Crippen LogP contribution in [0.1, 0.15) is 5.69 Å². The largest absolute Gasteiger partial charge is 0.480 e. The first-order chi connectivity index (χ1) is 8.97. The number of hydrogen-bond acceptors (Lipinski definition) is 2. The highest BCUT2D eigenvalue weighted by Crippen LogP contribution is 2.23. The van der Waals surface area contributed by atoms with Gasteiger partial charge in [-0.3, -0.25) is 4.79 Å². The standard InChI is InChI=1S/C13H12Cl2N2O2/c14-8-4-9(15)6-11(5-8)17-3-1-2-10(17)7-12(16)13(18)19/h1-6,12H,7,16H2,(H,18,19). The van der Waals surface area contributed by atoms with Crippen LogP contribution in [0.15, 0.2) is 36.5 Å². The van der Waals surface area contributed by atoms with E-state index < -0.39 is 12.0 Å². The minimum absolute atomic E-state index is 0.229. The molecule has 1 atom stereocenters. The molecule has 2 aromatic rings. The molecule has 4 nitrogen and oxygen atoms in total. The van der Waals surface area contributed by atoms with Crippen molar-refractivity contribution in [1.29, 1.82) is 0 Å². The molecule has 1 heterocycles. The van der Waals surface area contributed by atoms with Gasteiger partial charge in [0, 0.05) is 34.0 Å².